The molecule has 0 aromatic heterocycles. The van der Waals surface area contributed by atoms with E-state index in [1.807, 2.05) is 30.4 Å². The van der Waals surface area contributed by atoms with Gasteiger partial charge in [-0.1, -0.05) is 139 Å². The zero-order valence-corrected chi connectivity index (χ0v) is 34.7. The zero-order chi connectivity index (χ0) is 39.8. The van der Waals surface area contributed by atoms with Crippen LogP contribution in [0.4, 0.5) is 0 Å². The minimum absolute atomic E-state index is 0.0269. The van der Waals surface area contributed by atoms with E-state index in [4.69, 9.17) is 24.3 Å². The molecule has 3 atom stereocenters. The van der Waals surface area contributed by atoms with E-state index >= 15 is 0 Å². The first-order chi connectivity index (χ1) is 26.2. The van der Waals surface area contributed by atoms with Crippen LogP contribution in [0, 0.1) is 0 Å². The van der Waals surface area contributed by atoms with Crippen LogP contribution in [0.5, 0.6) is 0 Å². The normalized spacial score (nSPS) is 14.5. The summed E-state index contributed by atoms with van der Waals surface area (Å²) in [6.07, 6.45) is 41.3. The Balaban J connectivity index is 4.39. The molecule has 0 aliphatic rings. The molecule has 11 heteroatoms. The SMILES string of the molecule is CCCCCC=CCC=CC=CC(O)CC=CCCCC(=O)OC(COC(=O)CCCCCCCC=CCCCCCCCC)COP(=O)(O)OCCN. The molecule has 0 aliphatic carbocycles. The first kappa shape index (κ1) is 51.7. The zero-order valence-electron chi connectivity index (χ0n) is 33.8. The third-order valence-corrected chi connectivity index (χ3v) is 9.44. The molecule has 312 valence electrons. The summed E-state index contributed by atoms with van der Waals surface area (Å²) in [6.45, 7) is 3.50. The summed E-state index contributed by atoms with van der Waals surface area (Å²) < 4.78 is 32.6. The standard InChI is InChI=1S/C43H76NO9P/c1-3-5-7-9-11-13-15-16-17-18-19-21-23-25-30-34-42(46)50-38-41(39-52-54(48,49)51-37-36-44)53-43(47)35-31-27-26-29-33-40(45)32-28-24-22-20-14-12-10-8-6-4-2/h12,14,16-17,22,24,26,28-29,32,40-41,45H,3-11,13,15,18-21,23,25,27,30-31,33-39,44H2,1-2H3,(H,48,49). The van der Waals surface area contributed by atoms with Crippen molar-refractivity contribution in [2.24, 2.45) is 5.73 Å². The van der Waals surface area contributed by atoms with Crippen LogP contribution >= 0.6 is 7.82 Å². The number of aliphatic hydroxyl groups is 1. The second-order valence-electron chi connectivity index (χ2n) is 13.7. The molecule has 0 saturated heterocycles. The Hall–Kier alpha value is -2.33. The minimum atomic E-state index is -4.42. The molecule has 0 aliphatic heterocycles. The largest absolute Gasteiger partial charge is 0.472 e. The van der Waals surface area contributed by atoms with E-state index in [-0.39, 0.29) is 32.6 Å². The van der Waals surface area contributed by atoms with Crippen LogP contribution < -0.4 is 5.73 Å². The monoisotopic (exact) mass is 782 g/mol. The number of carbonyl (C=O) groups excluding carboxylic acids is 2. The predicted octanol–water partition coefficient (Wildman–Crippen LogP) is 10.7. The third-order valence-electron chi connectivity index (χ3n) is 8.46. The smallest absolute Gasteiger partial charge is 0.462 e. The van der Waals surface area contributed by atoms with Crippen LogP contribution in [0.2, 0.25) is 0 Å². The van der Waals surface area contributed by atoms with E-state index in [2.05, 4.69) is 38.2 Å². The van der Waals surface area contributed by atoms with Crippen LogP contribution in [0.25, 0.3) is 0 Å². The molecule has 10 nitrogen and oxygen atoms in total. The molecule has 0 aromatic carbocycles. The number of unbranched alkanes of at least 4 members (excludes halogenated alkanes) is 15. The molecule has 0 spiro atoms. The van der Waals surface area contributed by atoms with Crippen molar-refractivity contribution < 1.29 is 42.7 Å². The number of phosphoric ester groups is 1. The number of esters is 2. The Bertz CT molecular complexity index is 1090. The fraction of sp³-hybridized carbons (Fsp3) is 0.721. The van der Waals surface area contributed by atoms with Gasteiger partial charge in [0.2, 0.25) is 0 Å². The number of phosphoric acid groups is 1. The van der Waals surface area contributed by atoms with Crippen LogP contribution in [0.3, 0.4) is 0 Å². The number of nitrogens with two attached hydrogens (primary N) is 1. The maximum absolute atomic E-state index is 12.6. The Morgan fingerprint density at radius 1 is 0.648 bits per heavy atom. The maximum atomic E-state index is 12.6. The molecule has 3 unspecified atom stereocenters. The van der Waals surface area contributed by atoms with Crippen molar-refractivity contribution in [1.82, 2.24) is 0 Å². The van der Waals surface area contributed by atoms with Crippen LogP contribution in [0.15, 0.2) is 60.8 Å². The molecule has 4 N–H and O–H groups in total. The highest BCUT2D eigenvalue weighted by Crippen LogP contribution is 2.43. The number of rotatable bonds is 38. The number of allylic oxidation sites excluding steroid dienone is 8. The van der Waals surface area contributed by atoms with Gasteiger partial charge in [0.25, 0.3) is 0 Å². The second-order valence-corrected chi connectivity index (χ2v) is 15.2. The molecule has 0 saturated carbocycles. The van der Waals surface area contributed by atoms with Crippen molar-refractivity contribution in [3.8, 4) is 0 Å². The number of carbonyl (C=O) groups is 2. The summed E-state index contributed by atoms with van der Waals surface area (Å²) in [4.78, 5) is 34.8. The van der Waals surface area contributed by atoms with Crippen molar-refractivity contribution in [1.29, 1.82) is 0 Å². The fourth-order valence-corrected chi connectivity index (χ4v) is 6.06. The van der Waals surface area contributed by atoms with Gasteiger partial charge < -0.3 is 25.2 Å². The van der Waals surface area contributed by atoms with Gasteiger partial charge in [-0.05, 0) is 70.6 Å². The maximum Gasteiger partial charge on any atom is 0.472 e. The molecule has 0 aromatic rings. The lowest BCUT2D eigenvalue weighted by Gasteiger charge is -2.19. The van der Waals surface area contributed by atoms with Crippen LogP contribution in [-0.4, -0.2) is 60.5 Å². The lowest BCUT2D eigenvalue weighted by atomic mass is 10.1. The Labute approximate surface area is 328 Å². The molecular weight excluding hydrogens is 705 g/mol. The van der Waals surface area contributed by atoms with Gasteiger partial charge in [-0.15, -0.1) is 0 Å². The van der Waals surface area contributed by atoms with Gasteiger partial charge in [0.05, 0.1) is 19.3 Å². The molecular formula is C43H76NO9P. The van der Waals surface area contributed by atoms with Crippen LogP contribution in [-0.2, 0) is 32.7 Å². The second kappa shape index (κ2) is 38.9. The average molecular weight is 782 g/mol. The van der Waals surface area contributed by atoms with Gasteiger partial charge in [0.1, 0.15) is 6.61 Å². The van der Waals surface area contributed by atoms with Crippen molar-refractivity contribution in [3.05, 3.63) is 60.8 Å². The van der Waals surface area contributed by atoms with Crippen molar-refractivity contribution in [3.63, 3.8) is 0 Å². The van der Waals surface area contributed by atoms with Crippen molar-refractivity contribution >= 4 is 19.8 Å². The summed E-state index contributed by atoms with van der Waals surface area (Å²) in [5.74, 6) is -0.977. The first-order valence-electron chi connectivity index (χ1n) is 20.9. The molecule has 0 fully saturated rings. The topological polar surface area (TPSA) is 155 Å². The van der Waals surface area contributed by atoms with E-state index in [0.29, 0.717) is 25.7 Å². The Kier molecular flexibility index (Phi) is 37.2. The number of hydrogen-bond acceptors (Lipinski definition) is 9. The molecule has 0 heterocycles. The summed E-state index contributed by atoms with van der Waals surface area (Å²) in [5.41, 5.74) is 5.33. The molecule has 54 heavy (non-hydrogen) atoms. The van der Waals surface area contributed by atoms with E-state index in [9.17, 15) is 24.2 Å². The summed E-state index contributed by atoms with van der Waals surface area (Å²) >= 11 is 0. The van der Waals surface area contributed by atoms with E-state index in [0.717, 1.165) is 44.9 Å². The lowest BCUT2D eigenvalue weighted by Crippen LogP contribution is -2.29. The summed E-state index contributed by atoms with van der Waals surface area (Å²) in [5, 5.41) is 10.1. The average Bonchev–Trinajstić information content (AvgIpc) is 3.15. The number of aliphatic hydroxyl groups excluding tert-OH is 1. The highest BCUT2D eigenvalue weighted by atomic mass is 31.2. The Morgan fingerprint density at radius 3 is 1.89 bits per heavy atom. The van der Waals surface area contributed by atoms with E-state index < -0.39 is 38.6 Å². The summed E-state index contributed by atoms with van der Waals surface area (Å²) in [6, 6.07) is 0. The highest BCUT2D eigenvalue weighted by molar-refractivity contribution is 7.47. The van der Waals surface area contributed by atoms with Gasteiger partial charge in [0.15, 0.2) is 6.10 Å². The van der Waals surface area contributed by atoms with Gasteiger partial charge in [-0.25, -0.2) is 4.57 Å². The molecule has 0 amide bonds. The summed E-state index contributed by atoms with van der Waals surface area (Å²) in [7, 11) is -4.42. The van der Waals surface area contributed by atoms with Gasteiger partial charge >= 0.3 is 19.8 Å². The fourth-order valence-electron chi connectivity index (χ4n) is 5.29. The quantitative estimate of drug-likeness (QED) is 0.0181. The highest BCUT2D eigenvalue weighted by Gasteiger charge is 2.25. The first-order valence-corrected chi connectivity index (χ1v) is 22.4. The van der Waals surface area contributed by atoms with Crippen LogP contribution in [0.1, 0.15) is 162 Å². The third kappa shape index (κ3) is 38.0. The van der Waals surface area contributed by atoms with Crippen molar-refractivity contribution in [2.75, 3.05) is 26.4 Å². The molecule has 0 rings (SSSR count). The number of ether oxygens (including phenoxy) is 2. The van der Waals surface area contributed by atoms with Gasteiger partial charge in [-0.3, -0.25) is 18.6 Å². The molecule has 0 radical (unpaired) electrons. The lowest BCUT2D eigenvalue weighted by molar-refractivity contribution is -0.161. The van der Waals surface area contributed by atoms with Gasteiger partial charge in [-0.2, -0.15) is 0 Å². The van der Waals surface area contributed by atoms with Gasteiger partial charge in [0, 0.05) is 19.4 Å². The van der Waals surface area contributed by atoms with E-state index in [1.165, 1.54) is 64.2 Å². The Morgan fingerprint density at radius 2 is 1.20 bits per heavy atom. The van der Waals surface area contributed by atoms with E-state index in [1.54, 1.807) is 6.08 Å². The minimum Gasteiger partial charge on any atom is -0.462 e. The number of hydrogen-bond donors (Lipinski definition) is 3. The van der Waals surface area contributed by atoms with Crippen molar-refractivity contribution in [2.45, 2.75) is 174 Å². The molecule has 0 bridgehead atoms. The predicted molar refractivity (Wildman–Crippen MR) is 221 cm³/mol.